The van der Waals surface area contributed by atoms with Gasteiger partial charge in [0.15, 0.2) is 0 Å². The average molecular weight is 552 g/mol. The fourth-order valence-corrected chi connectivity index (χ4v) is 5.89. The molecule has 4 aromatic rings. The lowest BCUT2D eigenvalue weighted by atomic mass is 9.77. The molecule has 0 radical (unpaired) electrons. The second kappa shape index (κ2) is 12.4. The third-order valence-electron chi connectivity index (χ3n) is 7.83. The molecule has 0 bridgehead atoms. The van der Waals surface area contributed by atoms with E-state index in [1.807, 2.05) is 91.0 Å². The summed E-state index contributed by atoms with van der Waals surface area (Å²) in [6, 6.07) is 36.8. The van der Waals surface area contributed by atoms with Crippen molar-refractivity contribution in [2.24, 2.45) is 5.92 Å². The molecule has 7 nitrogen and oxygen atoms in total. The Kier molecular flexibility index (Phi) is 8.47. The summed E-state index contributed by atoms with van der Waals surface area (Å²) in [5.41, 5.74) is 3.01. The maximum atomic E-state index is 12.0. The normalized spacial score (nSPS) is 19.0. The lowest BCUT2D eigenvalue weighted by molar-refractivity contribution is -0.0513. The molecule has 3 atom stereocenters. The molecule has 1 amide bonds. The summed E-state index contributed by atoms with van der Waals surface area (Å²) in [7, 11) is 1.33. The Morgan fingerprint density at radius 2 is 1.27 bits per heavy atom. The minimum atomic E-state index is -1.09. The predicted molar refractivity (Wildman–Crippen MR) is 155 cm³/mol. The molecule has 1 heterocycles. The van der Waals surface area contributed by atoms with Crippen molar-refractivity contribution in [3.05, 3.63) is 143 Å². The molecule has 1 fully saturated rings. The van der Waals surface area contributed by atoms with Gasteiger partial charge in [0.25, 0.3) is 0 Å². The van der Waals surface area contributed by atoms with Gasteiger partial charge < -0.3 is 24.6 Å². The van der Waals surface area contributed by atoms with Crippen LogP contribution >= 0.6 is 0 Å². The summed E-state index contributed by atoms with van der Waals surface area (Å²) in [5, 5.41) is 21.1. The summed E-state index contributed by atoms with van der Waals surface area (Å²) in [6.45, 7) is 0.323. The number of hydrogen-bond donors (Lipinski definition) is 2. The second-order valence-electron chi connectivity index (χ2n) is 10.2. The van der Waals surface area contributed by atoms with Crippen molar-refractivity contribution < 1.29 is 29.3 Å². The molecule has 1 saturated heterocycles. The standard InChI is InChI=1S/C34H33NO6/c1-40-32(37)25-19-17-24(18-20-25)31-26(21-35(33(38)39)22-30(31)36)23-41-34(27-11-5-2-6-12-27,28-13-7-3-8-14-28)29-15-9-4-10-16-29/h2-20,26,30-31,36H,21-23H2,1H3,(H,38,39). The number of methoxy groups -OCH3 is 1. The highest BCUT2D eigenvalue weighted by Crippen LogP contribution is 2.42. The van der Waals surface area contributed by atoms with Crippen LogP contribution in [-0.4, -0.2) is 60.1 Å². The Morgan fingerprint density at radius 1 is 0.780 bits per heavy atom. The first-order valence-corrected chi connectivity index (χ1v) is 13.6. The van der Waals surface area contributed by atoms with Crippen LogP contribution in [0.2, 0.25) is 0 Å². The number of aliphatic hydroxyl groups excluding tert-OH is 1. The number of ether oxygens (including phenoxy) is 2. The monoisotopic (exact) mass is 551 g/mol. The second-order valence-corrected chi connectivity index (χ2v) is 10.2. The summed E-state index contributed by atoms with van der Waals surface area (Å²) < 4.78 is 11.9. The Morgan fingerprint density at radius 3 is 1.71 bits per heavy atom. The van der Waals surface area contributed by atoms with Crippen LogP contribution in [0.3, 0.4) is 0 Å². The number of likely N-dealkylation sites (tertiary alicyclic amines) is 1. The van der Waals surface area contributed by atoms with Gasteiger partial charge in [-0.25, -0.2) is 9.59 Å². The van der Waals surface area contributed by atoms with Crippen LogP contribution < -0.4 is 0 Å². The van der Waals surface area contributed by atoms with Crippen LogP contribution in [-0.2, 0) is 15.1 Å². The number of benzene rings is 4. The van der Waals surface area contributed by atoms with Gasteiger partial charge in [-0.2, -0.15) is 0 Å². The van der Waals surface area contributed by atoms with E-state index in [9.17, 15) is 19.8 Å². The van der Waals surface area contributed by atoms with Gasteiger partial charge in [0.05, 0.1) is 31.9 Å². The molecule has 1 aliphatic heterocycles. The number of amides is 1. The number of β-amino-alcohol motifs (C(OH)–C–C–N with tert-alkyl or cyclic N) is 1. The number of carbonyl (C=O) groups is 2. The highest BCUT2D eigenvalue weighted by Gasteiger charge is 2.43. The first-order chi connectivity index (χ1) is 19.9. The third-order valence-corrected chi connectivity index (χ3v) is 7.83. The van der Waals surface area contributed by atoms with Gasteiger partial charge in [-0.3, -0.25) is 0 Å². The zero-order valence-corrected chi connectivity index (χ0v) is 22.8. The molecule has 2 N–H and O–H groups in total. The number of aliphatic hydroxyl groups is 1. The van der Waals surface area contributed by atoms with Crippen molar-refractivity contribution in [1.29, 1.82) is 0 Å². The zero-order chi connectivity index (χ0) is 28.8. The van der Waals surface area contributed by atoms with Gasteiger partial charge >= 0.3 is 12.1 Å². The van der Waals surface area contributed by atoms with Crippen LogP contribution in [0.1, 0.15) is 38.5 Å². The summed E-state index contributed by atoms with van der Waals surface area (Å²) in [5.74, 6) is -1.25. The van der Waals surface area contributed by atoms with Gasteiger partial charge in [0.2, 0.25) is 0 Å². The van der Waals surface area contributed by atoms with Crippen LogP contribution in [0, 0.1) is 5.92 Å². The maximum absolute atomic E-state index is 12.0. The molecular formula is C34H33NO6. The van der Waals surface area contributed by atoms with E-state index in [1.54, 1.807) is 24.3 Å². The van der Waals surface area contributed by atoms with Gasteiger partial charge in [0, 0.05) is 18.4 Å². The van der Waals surface area contributed by atoms with E-state index in [0.717, 1.165) is 22.3 Å². The molecular weight excluding hydrogens is 518 g/mol. The SMILES string of the molecule is COC(=O)c1ccc(C2C(O)CN(C(=O)O)CC2COC(c2ccccc2)(c2ccccc2)c2ccccc2)cc1. The Bertz CT molecular complexity index is 1350. The van der Waals surface area contributed by atoms with Crippen LogP contribution in [0.4, 0.5) is 4.79 Å². The number of carboxylic acid groups (broad SMARTS) is 1. The van der Waals surface area contributed by atoms with Gasteiger partial charge in [-0.15, -0.1) is 0 Å². The zero-order valence-electron chi connectivity index (χ0n) is 22.8. The fourth-order valence-electron chi connectivity index (χ4n) is 5.89. The quantitative estimate of drug-likeness (QED) is 0.221. The number of hydrogen-bond acceptors (Lipinski definition) is 5. The van der Waals surface area contributed by atoms with Gasteiger partial charge in [-0.1, -0.05) is 103 Å². The number of esters is 1. The molecule has 5 rings (SSSR count). The van der Waals surface area contributed by atoms with Crippen molar-refractivity contribution in [3.63, 3.8) is 0 Å². The van der Waals surface area contributed by atoms with E-state index >= 15 is 0 Å². The van der Waals surface area contributed by atoms with E-state index in [2.05, 4.69) is 0 Å². The smallest absolute Gasteiger partial charge is 0.407 e. The average Bonchev–Trinajstić information content (AvgIpc) is 3.02. The highest BCUT2D eigenvalue weighted by molar-refractivity contribution is 5.89. The van der Waals surface area contributed by atoms with Crippen molar-refractivity contribution in [3.8, 4) is 0 Å². The van der Waals surface area contributed by atoms with E-state index < -0.39 is 29.7 Å². The Labute approximate surface area is 239 Å². The first-order valence-electron chi connectivity index (χ1n) is 13.6. The number of carbonyl (C=O) groups excluding carboxylic acids is 1. The number of nitrogens with zero attached hydrogens (tertiary/aromatic N) is 1. The molecule has 4 aromatic carbocycles. The minimum absolute atomic E-state index is 0.0174. The molecule has 210 valence electrons. The van der Waals surface area contributed by atoms with Crippen molar-refractivity contribution in [2.75, 3.05) is 26.8 Å². The molecule has 3 unspecified atom stereocenters. The topological polar surface area (TPSA) is 96.3 Å². The number of piperidine rings is 1. The van der Waals surface area contributed by atoms with Gasteiger partial charge in [-0.05, 0) is 34.4 Å². The summed E-state index contributed by atoms with van der Waals surface area (Å²) in [4.78, 5) is 25.3. The molecule has 1 aliphatic rings. The van der Waals surface area contributed by atoms with Gasteiger partial charge in [0.1, 0.15) is 5.60 Å². The largest absolute Gasteiger partial charge is 0.465 e. The molecule has 0 spiro atoms. The molecule has 7 heteroatoms. The van der Waals surface area contributed by atoms with Crippen LogP contribution in [0.25, 0.3) is 0 Å². The Balaban J connectivity index is 1.57. The first kappa shape index (κ1) is 28.1. The Hall–Kier alpha value is -4.46. The number of rotatable bonds is 8. The van der Waals surface area contributed by atoms with Crippen molar-refractivity contribution in [1.82, 2.24) is 4.90 Å². The molecule has 0 saturated carbocycles. The molecule has 0 aliphatic carbocycles. The highest BCUT2D eigenvalue weighted by atomic mass is 16.5. The van der Waals surface area contributed by atoms with Crippen LogP contribution in [0.15, 0.2) is 115 Å². The van der Waals surface area contributed by atoms with Crippen molar-refractivity contribution >= 4 is 12.1 Å². The summed E-state index contributed by atoms with van der Waals surface area (Å²) in [6.07, 6.45) is -2.05. The van der Waals surface area contributed by atoms with Crippen molar-refractivity contribution in [2.45, 2.75) is 17.6 Å². The maximum Gasteiger partial charge on any atom is 0.407 e. The third kappa shape index (κ3) is 5.73. The van der Waals surface area contributed by atoms with E-state index in [1.165, 1.54) is 12.0 Å². The lowest BCUT2D eigenvalue weighted by Crippen LogP contribution is -2.52. The van der Waals surface area contributed by atoms with E-state index in [4.69, 9.17) is 9.47 Å². The molecule has 41 heavy (non-hydrogen) atoms. The minimum Gasteiger partial charge on any atom is -0.465 e. The van der Waals surface area contributed by atoms with E-state index in [-0.39, 0.29) is 25.6 Å². The predicted octanol–water partition coefficient (Wildman–Crippen LogP) is 5.54. The lowest BCUT2D eigenvalue weighted by Gasteiger charge is -2.43. The fraction of sp³-hybridized carbons (Fsp3) is 0.235. The van der Waals surface area contributed by atoms with Crippen LogP contribution in [0.5, 0.6) is 0 Å². The van der Waals surface area contributed by atoms with E-state index in [0.29, 0.717) is 5.56 Å². The summed E-state index contributed by atoms with van der Waals surface area (Å²) >= 11 is 0. The molecule has 0 aromatic heterocycles.